The lowest BCUT2D eigenvalue weighted by Gasteiger charge is -2.41. The fraction of sp³-hybridized carbons (Fsp3) is 0.467. The van der Waals surface area contributed by atoms with Gasteiger partial charge in [-0.1, -0.05) is 0 Å². The summed E-state index contributed by atoms with van der Waals surface area (Å²) < 4.78 is 20.8. The Morgan fingerprint density at radius 1 is 1.17 bits per heavy atom. The van der Waals surface area contributed by atoms with E-state index in [1.54, 1.807) is 12.1 Å². The monoisotopic (exact) mass is 339 g/mol. The molecule has 4 N–H and O–H groups in total. The van der Waals surface area contributed by atoms with E-state index in [9.17, 15) is 9.59 Å². The van der Waals surface area contributed by atoms with Gasteiger partial charge in [0.1, 0.15) is 0 Å². The average molecular weight is 339 g/mol. The molecule has 1 aromatic carbocycles. The first-order chi connectivity index (χ1) is 11.4. The number of primary amides is 1. The second-order valence-corrected chi connectivity index (χ2v) is 5.41. The van der Waals surface area contributed by atoms with Crippen LogP contribution in [0.25, 0.3) is 0 Å². The Kier molecular flexibility index (Phi) is 5.35. The Hall–Kier alpha value is -2.68. The molecule has 9 heteroatoms. The molecule has 0 bridgehead atoms. The van der Waals surface area contributed by atoms with Crippen molar-refractivity contribution in [1.29, 1.82) is 0 Å². The van der Waals surface area contributed by atoms with Crippen LogP contribution in [0.3, 0.4) is 0 Å². The van der Waals surface area contributed by atoms with Crippen molar-refractivity contribution in [2.45, 2.75) is 12.0 Å². The van der Waals surface area contributed by atoms with Crippen LogP contribution in [0.4, 0.5) is 10.5 Å². The minimum absolute atomic E-state index is 0.00960. The van der Waals surface area contributed by atoms with Gasteiger partial charge in [0, 0.05) is 12.1 Å². The molecule has 1 heterocycles. The van der Waals surface area contributed by atoms with E-state index >= 15 is 0 Å². The highest BCUT2D eigenvalue weighted by Gasteiger charge is 2.41. The number of benzene rings is 1. The molecule has 0 aromatic heterocycles. The third-order valence-electron chi connectivity index (χ3n) is 3.57. The molecule has 1 saturated heterocycles. The Bertz CT molecular complexity index is 605. The van der Waals surface area contributed by atoms with Gasteiger partial charge in [0.25, 0.3) is 0 Å². The molecule has 3 amide bonds. The summed E-state index contributed by atoms with van der Waals surface area (Å²) in [7, 11) is 4.45. The standard InChI is InChI=1S/C15H21N3O6/c1-21-10-4-9(5-11(22-2)13(10)23-3)17-14(20)18-15(6-12(16)19)7-24-8-15/h4-5H,6-8H2,1-3H3,(H2,16,19)(H2,17,18,20). The van der Waals surface area contributed by atoms with Gasteiger partial charge in [-0.3, -0.25) is 4.79 Å². The van der Waals surface area contributed by atoms with Gasteiger partial charge in [-0.05, 0) is 0 Å². The number of urea groups is 1. The van der Waals surface area contributed by atoms with Gasteiger partial charge >= 0.3 is 6.03 Å². The van der Waals surface area contributed by atoms with Crippen LogP contribution in [0.2, 0.25) is 0 Å². The molecule has 0 saturated carbocycles. The number of hydrogen-bond donors (Lipinski definition) is 3. The molecule has 2 rings (SSSR count). The first-order valence-electron chi connectivity index (χ1n) is 7.18. The Balaban J connectivity index is 2.12. The van der Waals surface area contributed by atoms with Crippen molar-refractivity contribution in [1.82, 2.24) is 5.32 Å². The summed E-state index contributed by atoms with van der Waals surface area (Å²) in [5.41, 5.74) is 4.88. The molecular formula is C15H21N3O6. The minimum atomic E-state index is -0.767. The molecule has 1 aliphatic rings. The number of anilines is 1. The molecule has 1 aliphatic heterocycles. The number of nitrogens with two attached hydrogens (primary N) is 1. The van der Waals surface area contributed by atoms with Crippen LogP contribution in [-0.2, 0) is 9.53 Å². The van der Waals surface area contributed by atoms with Crippen molar-refractivity contribution < 1.29 is 28.5 Å². The third-order valence-corrected chi connectivity index (χ3v) is 3.57. The van der Waals surface area contributed by atoms with Crippen molar-refractivity contribution in [2.75, 3.05) is 39.9 Å². The summed E-state index contributed by atoms with van der Waals surface area (Å²) >= 11 is 0. The number of methoxy groups -OCH3 is 3. The first-order valence-corrected chi connectivity index (χ1v) is 7.18. The summed E-state index contributed by atoms with van der Waals surface area (Å²) in [6.07, 6.45) is 0.00960. The zero-order valence-corrected chi connectivity index (χ0v) is 13.8. The normalized spacial score (nSPS) is 15.0. The lowest BCUT2D eigenvalue weighted by atomic mass is 9.93. The van der Waals surface area contributed by atoms with Crippen molar-refractivity contribution in [2.24, 2.45) is 5.73 Å². The number of carbonyl (C=O) groups is 2. The van der Waals surface area contributed by atoms with Crippen LogP contribution in [0, 0.1) is 0 Å². The van der Waals surface area contributed by atoms with Gasteiger partial charge in [-0.15, -0.1) is 0 Å². The molecule has 0 spiro atoms. The minimum Gasteiger partial charge on any atom is -0.493 e. The fourth-order valence-electron chi connectivity index (χ4n) is 2.46. The number of rotatable bonds is 7. The quantitative estimate of drug-likeness (QED) is 0.664. The molecule has 0 aliphatic carbocycles. The molecule has 24 heavy (non-hydrogen) atoms. The number of amides is 3. The summed E-state index contributed by atoms with van der Waals surface area (Å²) in [6.45, 7) is 0.469. The van der Waals surface area contributed by atoms with Gasteiger partial charge in [-0.25, -0.2) is 4.79 Å². The Morgan fingerprint density at radius 3 is 2.12 bits per heavy atom. The second-order valence-electron chi connectivity index (χ2n) is 5.41. The van der Waals surface area contributed by atoms with Crippen LogP contribution < -0.4 is 30.6 Å². The Morgan fingerprint density at radius 2 is 1.75 bits per heavy atom. The van der Waals surface area contributed by atoms with Crippen LogP contribution >= 0.6 is 0 Å². The summed E-state index contributed by atoms with van der Waals surface area (Å²) in [5.74, 6) is 0.729. The largest absolute Gasteiger partial charge is 0.493 e. The summed E-state index contributed by atoms with van der Waals surface area (Å²) in [4.78, 5) is 23.3. The second kappa shape index (κ2) is 7.26. The molecule has 0 unspecified atom stereocenters. The van der Waals surface area contributed by atoms with E-state index in [0.29, 0.717) is 22.9 Å². The maximum absolute atomic E-state index is 12.2. The third kappa shape index (κ3) is 3.80. The lowest BCUT2D eigenvalue weighted by Crippen LogP contribution is -2.64. The molecule has 0 radical (unpaired) electrons. The van der Waals surface area contributed by atoms with Crippen molar-refractivity contribution in [3.8, 4) is 17.2 Å². The van der Waals surface area contributed by atoms with Crippen molar-refractivity contribution in [3.63, 3.8) is 0 Å². The van der Waals surface area contributed by atoms with E-state index in [2.05, 4.69) is 10.6 Å². The molecule has 1 fully saturated rings. The van der Waals surface area contributed by atoms with Gasteiger partial charge in [-0.2, -0.15) is 0 Å². The summed E-state index contributed by atoms with van der Waals surface area (Å²) in [6, 6.07) is 2.70. The van der Waals surface area contributed by atoms with Crippen LogP contribution in [0.5, 0.6) is 17.2 Å². The van der Waals surface area contributed by atoms with E-state index < -0.39 is 17.5 Å². The van der Waals surface area contributed by atoms with E-state index in [4.69, 9.17) is 24.7 Å². The number of ether oxygens (including phenoxy) is 4. The molecule has 0 atom stereocenters. The topological polar surface area (TPSA) is 121 Å². The predicted molar refractivity (Wildman–Crippen MR) is 85.6 cm³/mol. The van der Waals surface area contributed by atoms with Gasteiger partial charge in [0.2, 0.25) is 11.7 Å². The molecule has 1 aromatic rings. The molecular weight excluding hydrogens is 318 g/mol. The smallest absolute Gasteiger partial charge is 0.319 e. The van der Waals surface area contributed by atoms with E-state index in [1.807, 2.05) is 0 Å². The highest BCUT2D eigenvalue weighted by molar-refractivity contribution is 5.91. The maximum atomic E-state index is 12.2. The predicted octanol–water partition coefficient (Wildman–Crippen LogP) is 0.478. The maximum Gasteiger partial charge on any atom is 0.319 e. The van der Waals surface area contributed by atoms with E-state index in [-0.39, 0.29) is 19.6 Å². The van der Waals surface area contributed by atoms with E-state index in [1.165, 1.54) is 21.3 Å². The lowest BCUT2D eigenvalue weighted by molar-refractivity contribution is -0.127. The number of carbonyl (C=O) groups excluding carboxylic acids is 2. The van der Waals surface area contributed by atoms with Crippen LogP contribution in [0.15, 0.2) is 12.1 Å². The van der Waals surface area contributed by atoms with Crippen molar-refractivity contribution >= 4 is 17.6 Å². The molecule has 132 valence electrons. The average Bonchev–Trinajstić information content (AvgIpc) is 2.51. The van der Waals surface area contributed by atoms with Gasteiger partial charge in [0.05, 0.1) is 52.2 Å². The first kappa shape index (κ1) is 17.7. The zero-order valence-electron chi connectivity index (χ0n) is 13.8. The summed E-state index contributed by atoms with van der Waals surface area (Å²) in [5, 5.41) is 5.39. The SMILES string of the molecule is COc1cc(NC(=O)NC2(CC(N)=O)COC2)cc(OC)c1OC. The Labute approximate surface area is 139 Å². The van der Waals surface area contributed by atoms with E-state index in [0.717, 1.165) is 0 Å². The zero-order chi connectivity index (χ0) is 17.7. The highest BCUT2D eigenvalue weighted by Crippen LogP contribution is 2.39. The highest BCUT2D eigenvalue weighted by atomic mass is 16.5. The number of nitrogens with one attached hydrogen (secondary N) is 2. The van der Waals surface area contributed by atoms with Crippen LogP contribution in [0.1, 0.15) is 6.42 Å². The molecule has 9 nitrogen and oxygen atoms in total. The van der Waals surface area contributed by atoms with Gasteiger partial charge in [0.15, 0.2) is 11.5 Å². The number of hydrogen-bond acceptors (Lipinski definition) is 6. The van der Waals surface area contributed by atoms with Gasteiger partial charge < -0.3 is 35.3 Å². The van der Waals surface area contributed by atoms with Crippen molar-refractivity contribution in [3.05, 3.63) is 12.1 Å². The fourth-order valence-corrected chi connectivity index (χ4v) is 2.46. The van der Waals surface area contributed by atoms with Crippen LogP contribution in [-0.4, -0.2) is 52.0 Å².